The first kappa shape index (κ1) is 14.8. The Kier molecular flexibility index (Phi) is 4.29. The lowest BCUT2D eigenvalue weighted by atomic mass is 10.2. The first-order chi connectivity index (χ1) is 10.6. The van der Waals surface area contributed by atoms with Gasteiger partial charge >= 0.3 is 0 Å². The van der Waals surface area contributed by atoms with Crippen LogP contribution in [0.1, 0.15) is 44.2 Å². The van der Waals surface area contributed by atoms with Gasteiger partial charge in [0.05, 0.1) is 6.04 Å². The molecule has 116 valence electrons. The number of anilines is 2. The van der Waals surface area contributed by atoms with Gasteiger partial charge in [-0.3, -0.25) is 4.90 Å². The quantitative estimate of drug-likeness (QED) is 0.936. The third-order valence-electron chi connectivity index (χ3n) is 3.93. The number of nitrogens with one attached hydrogen (secondary N) is 1. The molecule has 3 rings (SSSR count). The van der Waals surface area contributed by atoms with Crippen molar-refractivity contribution in [2.24, 2.45) is 0 Å². The molecule has 2 aromatic rings. The number of likely N-dealkylation sites (tertiary alicyclic amines) is 1. The van der Waals surface area contributed by atoms with Crippen LogP contribution in [0.2, 0.25) is 0 Å². The number of hydrogen-bond acceptors (Lipinski definition) is 6. The van der Waals surface area contributed by atoms with Gasteiger partial charge in [0.15, 0.2) is 0 Å². The van der Waals surface area contributed by atoms with E-state index in [0.717, 1.165) is 30.3 Å². The molecule has 3 heterocycles. The number of nitrogens with zero attached hydrogens (tertiary/aromatic N) is 5. The van der Waals surface area contributed by atoms with Gasteiger partial charge in [-0.2, -0.15) is 0 Å². The minimum atomic E-state index is 0.303. The van der Waals surface area contributed by atoms with Gasteiger partial charge in [0.1, 0.15) is 11.6 Å². The molecule has 0 aromatic carbocycles. The molecule has 1 aliphatic rings. The van der Waals surface area contributed by atoms with Gasteiger partial charge in [-0.05, 0) is 46.2 Å². The highest BCUT2D eigenvalue weighted by Crippen LogP contribution is 2.32. The van der Waals surface area contributed by atoms with E-state index in [1.807, 2.05) is 13.0 Å². The van der Waals surface area contributed by atoms with Gasteiger partial charge in [0, 0.05) is 30.2 Å². The van der Waals surface area contributed by atoms with Gasteiger partial charge in [-0.1, -0.05) is 0 Å². The zero-order chi connectivity index (χ0) is 15.5. The second-order valence-electron chi connectivity index (χ2n) is 5.94. The highest BCUT2D eigenvalue weighted by atomic mass is 15.2. The van der Waals surface area contributed by atoms with Crippen LogP contribution < -0.4 is 5.32 Å². The lowest BCUT2D eigenvalue weighted by Gasteiger charge is -2.27. The summed E-state index contributed by atoms with van der Waals surface area (Å²) in [6.45, 7) is 7.57. The summed E-state index contributed by atoms with van der Waals surface area (Å²) in [5, 5.41) is 3.16. The molecule has 0 radical (unpaired) electrons. The summed E-state index contributed by atoms with van der Waals surface area (Å²) in [5.74, 6) is 2.20. The maximum atomic E-state index is 4.70. The summed E-state index contributed by atoms with van der Waals surface area (Å²) >= 11 is 0. The molecular weight excluding hydrogens is 276 g/mol. The Morgan fingerprint density at radius 1 is 1.23 bits per heavy atom. The first-order valence-electron chi connectivity index (χ1n) is 7.79. The van der Waals surface area contributed by atoms with Crippen LogP contribution in [0.25, 0.3) is 0 Å². The predicted molar refractivity (Wildman–Crippen MR) is 85.9 cm³/mol. The van der Waals surface area contributed by atoms with Crippen LogP contribution in [-0.4, -0.2) is 37.4 Å². The van der Waals surface area contributed by atoms with Crippen molar-refractivity contribution in [1.29, 1.82) is 0 Å². The van der Waals surface area contributed by atoms with E-state index in [1.54, 1.807) is 18.5 Å². The van der Waals surface area contributed by atoms with Crippen LogP contribution in [-0.2, 0) is 0 Å². The molecule has 0 spiro atoms. The molecular formula is C16H22N6. The fraction of sp³-hybridized carbons (Fsp3) is 0.500. The number of aromatic nitrogens is 4. The molecule has 0 aliphatic carbocycles. The highest BCUT2D eigenvalue weighted by Gasteiger charge is 2.30. The summed E-state index contributed by atoms with van der Waals surface area (Å²) < 4.78 is 0. The molecule has 1 saturated heterocycles. The lowest BCUT2D eigenvalue weighted by molar-refractivity contribution is 0.198. The van der Waals surface area contributed by atoms with Crippen molar-refractivity contribution in [1.82, 2.24) is 24.8 Å². The third-order valence-corrected chi connectivity index (χ3v) is 3.93. The van der Waals surface area contributed by atoms with Crippen molar-refractivity contribution in [2.75, 3.05) is 11.9 Å². The first-order valence-corrected chi connectivity index (χ1v) is 7.79. The number of rotatable bonds is 4. The summed E-state index contributed by atoms with van der Waals surface area (Å²) in [7, 11) is 0. The second-order valence-corrected chi connectivity index (χ2v) is 5.94. The zero-order valence-corrected chi connectivity index (χ0v) is 13.3. The van der Waals surface area contributed by atoms with Crippen LogP contribution >= 0.6 is 0 Å². The monoisotopic (exact) mass is 298 g/mol. The van der Waals surface area contributed by atoms with Gasteiger partial charge < -0.3 is 5.32 Å². The second kappa shape index (κ2) is 6.36. The van der Waals surface area contributed by atoms with E-state index in [1.165, 1.54) is 6.42 Å². The van der Waals surface area contributed by atoms with Crippen LogP contribution in [0.3, 0.4) is 0 Å². The van der Waals surface area contributed by atoms with Crippen molar-refractivity contribution >= 4 is 11.8 Å². The van der Waals surface area contributed by atoms with Gasteiger partial charge in [0.2, 0.25) is 5.95 Å². The Morgan fingerprint density at radius 2 is 2.00 bits per heavy atom. The lowest BCUT2D eigenvalue weighted by Crippen LogP contribution is -2.31. The number of aryl methyl sites for hydroxylation is 1. The molecule has 6 nitrogen and oxygen atoms in total. The topological polar surface area (TPSA) is 66.8 Å². The maximum absolute atomic E-state index is 4.70. The molecule has 1 atom stereocenters. The molecule has 0 saturated carbocycles. The van der Waals surface area contributed by atoms with E-state index in [2.05, 4.69) is 39.0 Å². The van der Waals surface area contributed by atoms with E-state index in [0.29, 0.717) is 18.0 Å². The van der Waals surface area contributed by atoms with Crippen LogP contribution in [0.4, 0.5) is 11.8 Å². The fourth-order valence-electron chi connectivity index (χ4n) is 2.97. The summed E-state index contributed by atoms with van der Waals surface area (Å²) in [4.78, 5) is 20.2. The van der Waals surface area contributed by atoms with Gasteiger partial charge in [-0.15, -0.1) is 0 Å². The van der Waals surface area contributed by atoms with Crippen molar-refractivity contribution in [2.45, 2.75) is 45.7 Å². The molecule has 6 heteroatoms. The average Bonchev–Trinajstić information content (AvgIpc) is 2.97. The molecule has 2 aromatic heterocycles. The van der Waals surface area contributed by atoms with Crippen molar-refractivity contribution in [3.8, 4) is 0 Å². The zero-order valence-electron chi connectivity index (χ0n) is 13.3. The molecule has 0 unspecified atom stereocenters. The molecule has 22 heavy (non-hydrogen) atoms. The standard InChI is InChI=1S/C16H22N6/c1-11(2)22-9-4-6-13(22)15-19-12(3)10-14(20-15)21-16-17-7-5-8-18-16/h5,7-8,10-11,13H,4,6,9H2,1-3H3,(H,17,18,19,20,21)/t13-/m0/s1. The third kappa shape index (κ3) is 3.22. The molecule has 0 amide bonds. The van der Waals surface area contributed by atoms with E-state index in [4.69, 9.17) is 4.98 Å². The van der Waals surface area contributed by atoms with E-state index < -0.39 is 0 Å². The molecule has 1 aliphatic heterocycles. The predicted octanol–water partition coefficient (Wildman–Crippen LogP) is 2.86. The van der Waals surface area contributed by atoms with Crippen molar-refractivity contribution < 1.29 is 0 Å². The number of hydrogen-bond donors (Lipinski definition) is 1. The Hall–Kier alpha value is -2.08. The Bertz CT molecular complexity index is 628. The minimum Gasteiger partial charge on any atom is -0.309 e. The Labute approximate surface area is 131 Å². The largest absolute Gasteiger partial charge is 0.309 e. The van der Waals surface area contributed by atoms with Crippen LogP contribution in [0, 0.1) is 6.92 Å². The minimum absolute atomic E-state index is 0.303. The fourth-order valence-corrected chi connectivity index (χ4v) is 2.97. The molecule has 0 bridgehead atoms. The smallest absolute Gasteiger partial charge is 0.228 e. The van der Waals surface area contributed by atoms with Crippen molar-refractivity contribution in [3.05, 3.63) is 36.0 Å². The highest BCUT2D eigenvalue weighted by molar-refractivity contribution is 5.47. The Morgan fingerprint density at radius 3 is 2.73 bits per heavy atom. The maximum Gasteiger partial charge on any atom is 0.228 e. The van der Waals surface area contributed by atoms with Gasteiger partial charge in [-0.25, -0.2) is 19.9 Å². The van der Waals surface area contributed by atoms with Crippen LogP contribution in [0.5, 0.6) is 0 Å². The van der Waals surface area contributed by atoms with E-state index in [-0.39, 0.29) is 0 Å². The SMILES string of the molecule is Cc1cc(Nc2ncccn2)nc([C@@H]2CCCN2C(C)C)n1. The van der Waals surface area contributed by atoms with Gasteiger partial charge in [0.25, 0.3) is 0 Å². The van der Waals surface area contributed by atoms with Crippen molar-refractivity contribution in [3.63, 3.8) is 0 Å². The van der Waals surface area contributed by atoms with E-state index in [9.17, 15) is 0 Å². The van der Waals surface area contributed by atoms with Crippen LogP contribution in [0.15, 0.2) is 24.5 Å². The molecule has 1 N–H and O–H groups in total. The molecule has 1 fully saturated rings. The average molecular weight is 298 g/mol. The normalized spacial score (nSPS) is 18.8. The van der Waals surface area contributed by atoms with E-state index >= 15 is 0 Å². The summed E-state index contributed by atoms with van der Waals surface area (Å²) in [5.41, 5.74) is 0.957. The summed E-state index contributed by atoms with van der Waals surface area (Å²) in [6, 6.07) is 4.53. The summed E-state index contributed by atoms with van der Waals surface area (Å²) in [6.07, 6.45) is 5.73. The Balaban J connectivity index is 1.87.